The minimum absolute atomic E-state index is 0. The van der Waals surface area contributed by atoms with E-state index in [4.69, 9.17) is 23.2 Å². The molecule has 1 aliphatic heterocycles. The first-order valence-electron chi connectivity index (χ1n) is 5.60. The van der Waals surface area contributed by atoms with Crippen molar-refractivity contribution in [2.75, 3.05) is 19.6 Å². The van der Waals surface area contributed by atoms with E-state index in [9.17, 15) is 8.42 Å². The van der Waals surface area contributed by atoms with Gasteiger partial charge in [0.25, 0.3) is 0 Å². The summed E-state index contributed by atoms with van der Waals surface area (Å²) in [6, 6.07) is 4.82. The smallest absolute Gasteiger partial charge is 0.246 e. The van der Waals surface area contributed by atoms with Crippen LogP contribution in [0, 0.1) is 0 Å². The van der Waals surface area contributed by atoms with E-state index in [1.807, 2.05) is 6.92 Å². The van der Waals surface area contributed by atoms with Gasteiger partial charge in [-0.25, -0.2) is 8.42 Å². The summed E-state index contributed by atoms with van der Waals surface area (Å²) < 4.78 is 26.4. The Balaban J connectivity index is 0.00000180. The number of sulfonamides is 1. The van der Waals surface area contributed by atoms with Crippen LogP contribution in [-0.2, 0) is 10.0 Å². The highest BCUT2D eigenvalue weighted by molar-refractivity contribution is 7.89. The first-order chi connectivity index (χ1) is 8.43. The van der Waals surface area contributed by atoms with Gasteiger partial charge >= 0.3 is 0 Å². The fraction of sp³-hybridized carbons (Fsp3) is 0.455. The number of benzene rings is 1. The van der Waals surface area contributed by atoms with Crippen molar-refractivity contribution >= 4 is 45.6 Å². The molecule has 8 heteroatoms. The molecular formula is C11H15Cl3N2O2S. The molecule has 1 N–H and O–H groups in total. The first-order valence-corrected chi connectivity index (χ1v) is 7.80. The van der Waals surface area contributed by atoms with Gasteiger partial charge in [0, 0.05) is 25.7 Å². The first kappa shape index (κ1) is 17.0. The second kappa shape index (κ2) is 6.61. The van der Waals surface area contributed by atoms with Crippen molar-refractivity contribution < 1.29 is 8.42 Å². The third-order valence-corrected chi connectivity index (χ3v) is 5.67. The summed E-state index contributed by atoms with van der Waals surface area (Å²) in [6.45, 7) is 3.41. The zero-order valence-electron chi connectivity index (χ0n) is 10.3. The average molecular weight is 346 g/mol. The van der Waals surface area contributed by atoms with Gasteiger partial charge in [-0.2, -0.15) is 4.31 Å². The van der Waals surface area contributed by atoms with Crippen molar-refractivity contribution in [2.45, 2.75) is 17.9 Å². The highest BCUT2D eigenvalue weighted by Crippen LogP contribution is 2.31. The summed E-state index contributed by atoms with van der Waals surface area (Å²) in [5.41, 5.74) is 0. The minimum Gasteiger partial charge on any atom is -0.312 e. The molecule has 0 bridgehead atoms. The van der Waals surface area contributed by atoms with E-state index in [1.54, 1.807) is 6.07 Å². The summed E-state index contributed by atoms with van der Waals surface area (Å²) in [7, 11) is -3.63. The fourth-order valence-corrected chi connectivity index (χ4v) is 4.59. The number of rotatable bonds is 2. The Bertz CT molecular complexity index is 531. The number of piperazine rings is 1. The van der Waals surface area contributed by atoms with Crippen LogP contribution in [0.1, 0.15) is 6.92 Å². The summed E-state index contributed by atoms with van der Waals surface area (Å²) in [6.07, 6.45) is 0. The Morgan fingerprint density at radius 3 is 2.42 bits per heavy atom. The average Bonchev–Trinajstić information content (AvgIpc) is 2.28. The van der Waals surface area contributed by atoms with Gasteiger partial charge in [0.05, 0.1) is 10.0 Å². The van der Waals surface area contributed by atoms with Crippen LogP contribution in [0.15, 0.2) is 23.1 Å². The van der Waals surface area contributed by atoms with Gasteiger partial charge < -0.3 is 5.32 Å². The molecule has 0 unspecified atom stereocenters. The van der Waals surface area contributed by atoms with E-state index in [0.717, 1.165) is 0 Å². The maximum Gasteiger partial charge on any atom is 0.246 e. The number of nitrogens with zero attached hydrogens (tertiary/aromatic N) is 1. The summed E-state index contributed by atoms with van der Waals surface area (Å²) >= 11 is 11.9. The summed E-state index contributed by atoms with van der Waals surface area (Å²) in [5.74, 6) is 0. The molecule has 0 aromatic heterocycles. The van der Waals surface area contributed by atoms with Crippen molar-refractivity contribution in [1.82, 2.24) is 9.62 Å². The maximum atomic E-state index is 12.5. The van der Waals surface area contributed by atoms with Gasteiger partial charge in [0.15, 0.2) is 0 Å². The molecule has 0 radical (unpaired) electrons. The Morgan fingerprint density at radius 1 is 1.32 bits per heavy atom. The van der Waals surface area contributed by atoms with Gasteiger partial charge in [-0.1, -0.05) is 29.3 Å². The third-order valence-electron chi connectivity index (χ3n) is 2.85. The van der Waals surface area contributed by atoms with Crippen molar-refractivity contribution in [3.8, 4) is 0 Å². The molecule has 1 aromatic carbocycles. The van der Waals surface area contributed by atoms with Crippen LogP contribution in [0.25, 0.3) is 0 Å². The van der Waals surface area contributed by atoms with Crippen LogP contribution in [0.5, 0.6) is 0 Å². The van der Waals surface area contributed by atoms with Gasteiger partial charge in [0.1, 0.15) is 4.90 Å². The molecule has 1 heterocycles. The molecule has 1 aromatic rings. The molecule has 1 fully saturated rings. The van der Waals surface area contributed by atoms with Crippen molar-refractivity contribution in [3.05, 3.63) is 28.2 Å². The highest BCUT2D eigenvalue weighted by Gasteiger charge is 2.31. The standard InChI is InChI=1S/C11H14Cl2N2O2S.ClH/c1-8-7-15(6-5-14-8)18(16,17)11-9(12)3-2-4-10(11)13;/h2-4,8,14H,5-7H2,1H3;1H/t8-;/m1./s1. The monoisotopic (exact) mass is 344 g/mol. The Labute approximate surface area is 129 Å². The molecule has 0 amide bonds. The largest absolute Gasteiger partial charge is 0.312 e. The highest BCUT2D eigenvalue weighted by atomic mass is 35.5. The minimum atomic E-state index is -3.63. The van der Waals surface area contributed by atoms with Crippen LogP contribution in [0.4, 0.5) is 0 Å². The van der Waals surface area contributed by atoms with E-state index < -0.39 is 10.0 Å². The normalized spacial score (nSPS) is 20.9. The predicted molar refractivity (Wildman–Crippen MR) is 79.9 cm³/mol. The van der Waals surface area contributed by atoms with Crippen molar-refractivity contribution in [3.63, 3.8) is 0 Å². The molecule has 2 rings (SSSR count). The van der Waals surface area contributed by atoms with Crippen molar-refractivity contribution in [2.24, 2.45) is 0 Å². The topological polar surface area (TPSA) is 49.4 Å². The predicted octanol–water partition coefficient (Wildman–Crippen LogP) is 2.40. The molecule has 4 nitrogen and oxygen atoms in total. The number of nitrogens with one attached hydrogen (secondary N) is 1. The lowest BCUT2D eigenvalue weighted by molar-refractivity contribution is 0.310. The quantitative estimate of drug-likeness (QED) is 0.895. The zero-order chi connectivity index (χ0) is 13.3. The molecule has 1 atom stereocenters. The lowest BCUT2D eigenvalue weighted by Crippen LogP contribution is -2.51. The molecule has 0 spiro atoms. The number of halogens is 3. The lowest BCUT2D eigenvalue weighted by atomic mass is 10.3. The summed E-state index contributed by atoms with van der Waals surface area (Å²) in [4.78, 5) is 0.00225. The van der Waals surface area contributed by atoms with Gasteiger partial charge in [-0.05, 0) is 19.1 Å². The van der Waals surface area contributed by atoms with E-state index in [1.165, 1.54) is 16.4 Å². The fourth-order valence-electron chi connectivity index (χ4n) is 1.97. The van der Waals surface area contributed by atoms with Crippen LogP contribution < -0.4 is 5.32 Å². The zero-order valence-corrected chi connectivity index (χ0v) is 13.4. The van der Waals surface area contributed by atoms with Crippen LogP contribution in [0.2, 0.25) is 10.0 Å². The third kappa shape index (κ3) is 3.54. The Kier molecular flexibility index (Phi) is 5.92. The molecule has 108 valence electrons. The molecule has 1 saturated heterocycles. The van der Waals surface area contributed by atoms with Crippen LogP contribution in [-0.4, -0.2) is 38.4 Å². The van der Waals surface area contributed by atoms with E-state index in [0.29, 0.717) is 19.6 Å². The lowest BCUT2D eigenvalue weighted by Gasteiger charge is -2.31. The second-order valence-corrected chi connectivity index (χ2v) is 6.96. The van der Waals surface area contributed by atoms with Gasteiger partial charge in [-0.15, -0.1) is 12.4 Å². The Hall–Kier alpha value is -0.0400. The van der Waals surface area contributed by atoms with Crippen LogP contribution in [0.3, 0.4) is 0 Å². The molecular weight excluding hydrogens is 331 g/mol. The second-order valence-electron chi connectivity index (χ2n) is 4.27. The van der Waals surface area contributed by atoms with Crippen LogP contribution >= 0.6 is 35.6 Å². The SMILES string of the molecule is C[C@@H]1CN(S(=O)(=O)c2c(Cl)cccc2Cl)CCN1.Cl. The van der Waals surface area contributed by atoms with E-state index in [2.05, 4.69) is 5.32 Å². The van der Waals surface area contributed by atoms with Gasteiger partial charge in [-0.3, -0.25) is 0 Å². The molecule has 0 aliphatic carbocycles. The van der Waals surface area contributed by atoms with Crippen molar-refractivity contribution in [1.29, 1.82) is 0 Å². The van der Waals surface area contributed by atoms with E-state index in [-0.39, 0.29) is 33.4 Å². The Morgan fingerprint density at radius 2 is 1.89 bits per heavy atom. The number of hydrogen-bond donors (Lipinski definition) is 1. The van der Waals surface area contributed by atoms with Gasteiger partial charge in [0.2, 0.25) is 10.0 Å². The maximum absolute atomic E-state index is 12.5. The molecule has 0 saturated carbocycles. The van der Waals surface area contributed by atoms with E-state index >= 15 is 0 Å². The molecule has 19 heavy (non-hydrogen) atoms. The summed E-state index contributed by atoms with van der Waals surface area (Å²) in [5, 5.41) is 3.51. The molecule has 1 aliphatic rings. The number of hydrogen-bond acceptors (Lipinski definition) is 3.